The summed E-state index contributed by atoms with van der Waals surface area (Å²) in [4.78, 5) is 14.8. The number of anilines is 1. The Morgan fingerprint density at radius 1 is 1.26 bits per heavy atom. The van der Waals surface area contributed by atoms with Gasteiger partial charge in [0.05, 0.1) is 11.7 Å². The average Bonchev–Trinajstić information content (AvgIpc) is 3.20. The first kappa shape index (κ1) is 20.0. The van der Waals surface area contributed by atoms with Crippen molar-refractivity contribution in [3.8, 4) is 11.5 Å². The number of urea groups is 1. The Hall–Kier alpha value is -1.77. The molecule has 1 atom stereocenters. The quantitative estimate of drug-likeness (QED) is 0.648. The Kier molecular flexibility index (Phi) is 6.98. The second-order valence-electron chi connectivity index (χ2n) is 6.10. The van der Waals surface area contributed by atoms with Crippen molar-refractivity contribution in [2.45, 2.75) is 19.9 Å². The highest BCUT2D eigenvalue weighted by molar-refractivity contribution is 9.10. The number of hydrogen-bond donors (Lipinski definition) is 2. The van der Waals surface area contributed by atoms with Crippen molar-refractivity contribution in [1.29, 1.82) is 0 Å². The van der Waals surface area contributed by atoms with Crippen molar-refractivity contribution < 1.29 is 14.3 Å². The maximum absolute atomic E-state index is 12.5. The molecule has 3 rings (SSSR count). The molecule has 0 saturated carbocycles. The third kappa shape index (κ3) is 4.94. The van der Waals surface area contributed by atoms with Gasteiger partial charge in [0.25, 0.3) is 0 Å². The lowest BCUT2D eigenvalue weighted by molar-refractivity contribution is 0.171. The molecule has 27 heavy (non-hydrogen) atoms. The summed E-state index contributed by atoms with van der Waals surface area (Å²) in [6.45, 7) is 7.69. The van der Waals surface area contributed by atoms with E-state index >= 15 is 0 Å². The summed E-state index contributed by atoms with van der Waals surface area (Å²) in [5.41, 5.74) is 1.87. The van der Waals surface area contributed by atoms with Crippen LogP contribution in [0.4, 0.5) is 10.5 Å². The van der Waals surface area contributed by atoms with Crippen LogP contribution in [-0.2, 0) is 0 Å². The summed E-state index contributed by atoms with van der Waals surface area (Å²) in [5.74, 6) is 1.32. The topological polar surface area (TPSA) is 62.8 Å². The van der Waals surface area contributed by atoms with E-state index in [1.165, 1.54) is 5.56 Å². The number of ether oxygens (including phenoxy) is 2. The van der Waals surface area contributed by atoms with Gasteiger partial charge in [-0.2, -0.15) is 11.3 Å². The number of nitrogens with zero attached hydrogens (tertiary/aromatic N) is 1. The second kappa shape index (κ2) is 9.43. The van der Waals surface area contributed by atoms with Gasteiger partial charge in [0, 0.05) is 23.2 Å². The van der Waals surface area contributed by atoms with Crippen LogP contribution in [0.2, 0.25) is 0 Å². The van der Waals surface area contributed by atoms with E-state index in [1.807, 2.05) is 6.07 Å². The maximum Gasteiger partial charge on any atom is 0.319 e. The number of carbonyl (C=O) groups excluding carboxylic acids is 1. The third-order valence-corrected chi connectivity index (χ3v) is 5.87. The Labute approximate surface area is 172 Å². The summed E-state index contributed by atoms with van der Waals surface area (Å²) in [5, 5.41) is 10.1. The zero-order valence-electron chi connectivity index (χ0n) is 15.5. The van der Waals surface area contributed by atoms with Crippen molar-refractivity contribution in [2.75, 3.05) is 38.2 Å². The lowest BCUT2D eigenvalue weighted by Gasteiger charge is -2.29. The first-order chi connectivity index (χ1) is 13.1. The third-order valence-electron chi connectivity index (χ3n) is 4.52. The highest BCUT2D eigenvalue weighted by Crippen LogP contribution is 2.38. The molecule has 1 aromatic carbocycles. The van der Waals surface area contributed by atoms with E-state index in [0.717, 1.165) is 17.6 Å². The fraction of sp³-hybridized carbons (Fsp3) is 0.421. The molecule has 0 bridgehead atoms. The molecule has 146 valence electrons. The van der Waals surface area contributed by atoms with E-state index in [4.69, 9.17) is 9.47 Å². The smallest absolute Gasteiger partial charge is 0.319 e. The minimum atomic E-state index is -0.250. The van der Waals surface area contributed by atoms with E-state index in [0.29, 0.717) is 36.9 Å². The Balaban J connectivity index is 1.64. The van der Waals surface area contributed by atoms with Crippen LogP contribution >= 0.6 is 27.3 Å². The van der Waals surface area contributed by atoms with Crippen molar-refractivity contribution >= 4 is 39.0 Å². The normalized spacial score (nSPS) is 14.1. The number of rotatable bonds is 7. The minimum Gasteiger partial charge on any atom is -0.486 e. The van der Waals surface area contributed by atoms with Crippen LogP contribution in [0.1, 0.15) is 25.5 Å². The number of halogens is 1. The Morgan fingerprint density at radius 3 is 2.59 bits per heavy atom. The van der Waals surface area contributed by atoms with Crippen molar-refractivity contribution in [2.24, 2.45) is 0 Å². The van der Waals surface area contributed by atoms with Gasteiger partial charge in [0.1, 0.15) is 13.2 Å². The van der Waals surface area contributed by atoms with Gasteiger partial charge in [0.2, 0.25) is 0 Å². The molecule has 0 radical (unpaired) electrons. The van der Waals surface area contributed by atoms with Gasteiger partial charge in [-0.3, -0.25) is 4.90 Å². The van der Waals surface area contributed by atoms with E-state index in [-0.39, 0.29) is 12.1 Å². The molecule has 0 spiro atoms. The molecule has 0 aliphatic carbocycles. The lowest BCUT2D eigenvalue weighted by atomic mass is 10.1. The Morgan fingerprint density at radius 2 is 1.96 bits per heavy atom. The molecule has 6 nitrogen and oxygen atoms in total. The summed E-state index contributed by atoms with van der Waals surface area (Å²) in [6, 6.07) is 5.61. The molecule has 1 aliphatic rings. The predicted molar refractivity (Wildman–Crippen MR) is 112 cm³/mol. The molecule has 2 amide bonds. The first-order valence-electron chi connectivity index (χ1n) is 9.02. The van der Waals surface area contributed by atoms with Crippen LogP contribution in [0, 0.1) is 0 Å². The number of likely N-dealkylation sites (N-methyl/N-ethyl adjacent to an activating group) is 1. The summed E-state index contributed by atoms with van der Waals surface area (Å²) < 4.78 is 11.9. The van der Waals surface area contributed by atoms with Gasteiger partial charge in [0.15, 0.2) is 11.5 Å². The molecule has 0 saturated heterocycles. The van der Waals surface area contributed by atoms with Crippen LogP contribution in [0.15, 0.2) is 33.4 Å². The van der Waals surface area contributed by atoms with E-state index in [2.05, 4.69) is 62.1 Å². The highest BCUT2D eigenvalue weighted by Gasteiger charge is 2.20. The molecular formula is C19H24BrN3O3S. The van der Waals surface area contributed by atoms with Gasteiger partial charge >= 0.3 is 6.03 Å². The Bertz CT molecular complexity index is 766. The number of fused-ring (bicyclic) bond motifs is 1. The lowest BCUT2D eigenvalue weighted by Crippen LogP contribution is -2.39. The molecule has 8 heteroatoms. The number of amides is 2. The van der Waals surface area contributed by atoms with Gasteiger partial charge in [-0.05, 0) is 51.4 Å². The monoisotopic (exact) mass is 453 g/mol. The van der Waals surface area contributed by atoms with Crippen LogP contribution in [0.5, 0.6) is 11.5 Å². The number of benzene rings is 1. The fourth-order valence-electron chi connectivity index (χ4n) is 3.10. The van der Waals surface area contributed by atoms with Gasteiger partial charge in [-0.25, -0.2) is 4.79 Å². The molecule has 2 N–H and O–H groups in total. The van der Waals surface area contributed by atoms with Gasteiger partial charge in [-0.15, -0.1) is 0 Å². The van der Waals surface area contributed by atoms with Gasteiger partial charge < -0.3 is 20.1 Å². The molecule has 2 aromatic rings. The van der Waals surface area contributed by atoms with Gasteiger partial charge in [-0.1, -0.05) is 13.8 Å². The second-order valence-corrected chi connectivity index (χ2v) is 7.74. The van der Waals surface area contributed by atoms with Crippen molar-refractivity contribution in [1.82, 2.24) is 10.2 Å². The number of carbonyl (C=O) groups is 1. The van der Waals surface area contributed by atoms with Crippen LogP contribution in [0.25, 0.3) is 0 Å². The number of hydrogen-bond acceptors (Lipinski definition) is 5. The summed E-state index contributed by atoms with van der Waals surface area (Å²) in [6.07, 6.45) is 0. The standard InChI is InChI=1S/C19H24BrN3O3S/c1-3-23(4-2)16(13-5-8-27-12-13)11-21-19(24)22-15-10-18-17(9-14(15)20)25-6-7-26-18/h5,8-10,12,16H,3-4,6-7,11H2,1-2H3,(H2,21,22,24). The molecule has 2 heterocycles. The van der Waals surface area contributed by atoms with Crippen LogP contribution < -0.4 is 20.1 Å². The molecular weight excluding hydrogens is 430 g/mol. The first-order valence-corrected chi connectivity index (χ1v) is 10.8. The molecule has 1 aromatic heterocycles. The largest absolute Gasteiger partial charge is 0.486 e. The fourth-order valence-corrected chi connectivity index (χ4v) is 4.23. The number of nitrogens with one attached hydrogen (secondary N) is 2. The van der Waals surface area contributed by atoms with Crippen LogP contribution in [-0.4, -0.2) is 43.8 Å². The zero-order chi connectivity index (χ0) is 19.2. The van der Waals surface area contributed by atoms with Crippen LogP contribution in [0.3, 0.4) is 0 Å². The zero-order valence-corrected chi connectivity index (χ0v) is 17.9. The van der Waals surface area contributed by atoms with E-state index in [1.54, 1.807) is 17.4 Å². The summed E-state index contributed by atoms with van der Waals surface area (Å²) in [7, 11) is 0. The summed E-state index contributed by atoms with van der Waals surface area (Å²) >= 11 is 5.15. The minimum absolute atomic E-state index is 0.153. The van der Waals surface area contributed by atoms with E-state index in [9.17, 15) is 4.79 Å². The number of thiophene rings is 1. The molecule has 0 fully saturated rings. The maximum atomic E-state index is 12.5. The molecule has 1 aliphatic heterocycles. The van der Waals surface area contributed by atoms with Crippen molar-refractivity contribution in [3.05, 3.63) is 39.0 Å². The highest BCUT2D eigenvalue weighted by atomic mass is 79.9. The van der Waals surface area contributed by atoms with Crippen molar-refractivity contribution in [3.63, 3.8) is 0 Å². The SMILES string of the molecule is CCN(CC)C(CNC(=O)Nc1cc2c(cc1Br)OCCO2)c1ccsc1. The average molecular weight is 454 g/mol. The predicted octanol–water partition coefficient (Wildman–Crippen LogP) is 4.49. The van der Waals surface area contributed by atoms with E-state index < -0.39 is 0 Å². The molecule has 1 unspecified atom stereocenters.